The van der Waals surface area contributed by atoms with Gasteiger partial charge in [-0.2, -0.15) is 0 Å². The Balaban J connectivity index is 1.77. The molecule has 0 aliphatic heterocycles. The first-order valence-electron chi connectivity index (χ1n) is 9.53. The zero-order chi connectivity index (χ0) is 20.1. The summed E-state index contributed by atoms with van der Waals surface area (Å²) >= 11 is 0. The standard InChI is InChI=1S/C23H20N4O2/c1-13-20(15(3)29-26-13)17-9-10-18-19(11-17)24-14(2)21-22(18)27(23(28)25-21)12-16-7-5-4-6-8-16/h4-11H,12H2,1-3H3,(H,25,28). The molecular weight excluding hydrogens is 364 g/mol. The zero-order valence-corrected chi connectivity index (χ0v) is 16.5. The smallest absolute Gasteiger partial charge is 0.326 e. The van der Waals surface area contributed by atoms with Crippen molar-refractivity contribution in [2.24, 2.45) is 0 Å². The van der Waals surface area contributed by atoms with Crippen LogP contribution in [-0.2, 0) is 6.54 Å². The Morgan fingerprint density at radius 2 is 1.83 bits per heavy atom. The van der Waals surface area contributed by atoms with Crippen LogP contribution in [0.15, 0.2) is 57.8 Å². The van der Waals surface area contributed by atoms with E-state index in [2.05, 4.69) is 10.1 Å². The van der Waals surface area contributed by atoms with E-state index in [0.717, 1.165) is 55.8 Å². The van der Waals surface area contributed by atoms with Crippen molar-refractivity contribution in [2.45, 2.75) is 27.3 Å². The average Bonchev–Trinajstić information content (AvgIpc) is 3.22. The molecule has 5 rings (SSSR count). The maximum atomic E-state index is 12.7. The highest BCUT2D eigenvalue weighted by atomic mass is 16.5. The highest BCUT2D eigenvalue weighted by molar-refractivity contribution is 6.04. The molecule has 0 aliphatic rings. The van der Waals surface area contributed by atoms with Crippen molar-refractivity contribution in [1.29, 1.82) is 0 Å². The van der Waals surface area contributed by atoms with Crippen LogP contribution in [0.4, 0.5) is 0 Å². The van der Waals surface area contributed by atoms with Crippen LogP contribution in [0.5, 0.6) is 0 Å². The van der Waals surface area contributed by atoms with Gasteiger partial charge >= 0.3 is 5.69 Å². The molecule has 0 amide bonds. The van der Waals surface area contributed by atoms with Gasteiger partial charge in [-0.25, -0.2) is 4.79 Å². The van der Waals surface area contributed by atoms with E-state index in [1.807, 2.05) is 69.3 Å². The molecule has 1 N–H and O–H groups in total. The molecular formula is C23H20N4O2. The van der Waals surface area contributed by atoms with Crippen LogP contribution in [-0.4, -0.2) is 19.7 Å². The summed E-state index contributed by atoms with van der Waals surface area (Å²) in [5, 5.41) is 5.00. The predicted molar refractivity (Wildman–Crippen MR) is 113 cm³/mol. The van der Waals surface area contributed by atoms with Crippen LogP contribution in [0.1, 0.15) is 22.7 Å². The monoisotopic (exact) mass is 384 g/mol. The number of rotatable bonds is 3. The van der Waals surface area contributed by atoms with Gasteiger partial charge in [0.1, 0.15) is 5.76 Å². The fourth-order valence-corrected chi connectivity index (χ4v) is 4.04. The van der Waals surface area contributed by atoms with Gasteiger partial charge in [0.15, 0.2) is 0 Å². The lowest BCUT2D eigenvalue weighted by Crippen LogP contribution is -2.17. The second-order valence-electron chi connectivity index (χ2n) is 7.35. The molecule has 0 atom stereocenters. The molecule has 6 nitrogen and oxygen atoms in total. The number of nitrogens with zero attached hydrogens (tertiary/aromatic N) is 3. The van der Waals surface area contributed by atoms with Crippen LogP contribution in [0.25, 0.3) is 33.1 Å². The van der Waals surface area contributed by atoms with Crippen molar-refractivity contribution in [3.63, 3.8) is 0 Å². The average molecular weight is 384 g/mol. The fourth-order valence-electron chi connectivity index (χ4n) is 4.04. The molecule has 0 bridgehead atoms. The number of aromatic nitrogens is 4. The normalized spacial score (nSPS) is 11.6. The first kappa shape index (κ1) is 17.4. The van der Waals surface area contributed by atoms with Gasteiger partial charge in [-0.3, -0.25) is 9.55 Å². The Bertz CT molecular complexity index is 1410. The molecule has 0 radical (unpaired) electrons. The van der Waals surface area contributed by atoms with Crippen molar-refractivity contribution >= 4 is 21.9 Å². The van der Waals surface area contributed by atoms with Gasteiger partial charge in [-0.1, -0.05) is 47.6 Å². The van der Waals surface area contributed by atoms with E-state index in [-0.39, 0.29) is 5.69 Å². The maximum absolute atomic E-state index is 12.7. The lowest BCUT2D eigenvalue weighted by Gasteiger charge is -2.09. The van der Waals surface area contributed by atoms with Crippen LogP contribution in [0.3, 0.4) is 0 Å². The summed E-state index contributed by atoms with van der Waals surface area (Å²) in [4.78, 5) is 20.5. The van der Waals surface area contributed by atoms with Gasteiger partial charge in [-0.05, 0) is 38.0 Å². The van der Waals surface area contributed by atoms with Gasteiger partial charge in [-0.15, -0.1) is 0 Å². The van der Waals surface area contributed by atoms with Gasteiger partial charge in [0, 0.05) is 10.9 Å². The molecule has 29 heavy (non-hydrogen) atoms. The quantitative estimate of drug-likeness (QED) is 0.497. The summed E-state index contributed by atoms with van der Waals surface area (Å²) in [6.45, 7) is 6.27. The van der Waals surface area contributed by atoms with E-state index >= 15 is 0 Å². The molecule has 3 aromatic heterocycles. The molecule has 0 aliphatic carbocycles. The van der Waals surface area contributed by atoms with Crippen molar-refractivity contribution in [3.8, 4) is 11.1 Å². The molecule has 0 fully saturated rings. The second-order valence-corrected chi connectivity index (χ2v) is 7.35. The summed E-state index contributed by atoms with van der Waals surface area (Å²) < 4.78 is 7.11. The van der Waals surface area contributed by atoms with E-state index in [4.69, 9.17) is 9.51 Å². The van der Waals surface area contributed by atoms with E-state index < -0.39 is 0 Å². The molecule has 0 unspecified atom stereocenters. The van der Waals surface area contributed by atoms with Crippen LogP contribution < -0.4 is 5.69 Å². The van der Waals surface area contributed by atoms with Crippen molar-refractivity contribution in [1.82, 2.24) is 19.7 Å². The topological polar surface area (TPSA) is 76.7 Å². The Hall–Kier alpha value is -3.67. The molecule has 0 saturated heterocycles. The summed E-state index contributed by atoms with van der Waals surface area (Å²) in [6, 6.07) is 16.1. The van der Waals surface area contributed by atoms with Gasteiger partial charge in [0.25, 0.3) is 0 Å². The minimum Gasteiger partial charge on any atom is -0.361 e. The summed E-state index contributed by atoms with van der Waals surface area (Å²) in [7, 11) is 0. The first-order valence-corrected chi connectivity index (χ1v) is 9.53. The highest BCUT2D eigenvalue weighted by Gasteiger charge is 2.17. The summed E-state index contributed by atoms with van der Waals surface area (Å²) in [5.41, 5.74) is 7.09. The number of hydrogen-bond donors (Lipinski definition) is 1. The number of hydrogen-bond acceptors (Lipinski definition) is 4. The number of benzene rings is 2. The number of pyridine rings is 1. The number of aromatic amines is 1. The van der Waals surface area contributed by atoms with Crippen LogP contribution >= 0.6 is 0 Å². The summed E-state index contributed by atoms with van der Waals surface area (Å²) in [6.07, 6.45) is 0. The fraction of sp³-hybridized carbons (Fsp3) is 0.174. The van der Waals surface area contributed by atoms with Crippen molar-refractivity contribution < 1.29 is 4.52 Å². The largest absolute Gasteiger partial charge is 0.361 e. The molecule has 0 saturated carbocycles. The van der Waals surface area contributed by atoms with E-state index in [0.29, 0.717) is 6.54 Å². The Labute approximate surface area is 166 Å². The second kappa shape index (κ2) is 6.44. The molecule has 2 aromatic carbocycles. The SMILES string of the molecule is Cc1noc(C)c1-c1ccc2c(c1)nc(C)c1[nH]c(=O)n(Cc3ccccc3)c12. The minimum absolute atomic E-state index is 0.129. The van der Waals surface area contributed by atoms with E-state index in [9.17, 15) is 4.79 Å². The van der Waals surface area contributed by atoms with Gasteiger partial charge in [0.05, 0.1) is 34.5 Å². The Morgan fingerprint density at radius 1 is 1.03 bits per heavy atom. The lowest BCUT2D eigenvalue weighted by atomic mass is 10.0. The molecule has 3 heterocycles. The van der Waals surface area contributed by atoms with Crippen LogP contribution in [0, 0.1) is 20.8 Å². The number of aryl methyl sites for hydroxylation is 3. The van der Waals surface area contributed by atoms with Crippen molar-refractivity contribution in [2.75, 3.05) is 0 Å². The van der Waals surface area contributed by atoms with E-state index in [1.54, 1.807) is 4.57 Å². The molecule has 6 heteroatoms. The van der Waals surface area contributed by atoms with Gasteiger partial charge in [0.2, 0.25) is 0 Å². The number of H-pyrrole nitrogens is 1. The summed E-state index contributed by atoms with van der Waals surface area (Å²) in [5.74, 6) is 0.780. The third-order valence-corrected chi connectivity index (χ3v) is 5.39. The lowest BCUT2D eigenvalue weighted by molar-refractivity contribution is 0.393. The maximum Gasteiger partial charge on any atom is 0.326 e. The van der Waals surface area contributed by atoms with Crippen LogP contribution in [0.2, 0.25) is 0 Å². The van der Waals surface area contributed by atoms with E-state index in [1.165, 1.54) is 0 Å². The number of fused-ring (bicyclic) bond motifs is 3. The van der Waals surface area contributed by atoms with Crippen molar-refractivity contribution in [3.05, 3.63) is 81.7 Å². The molecule has 0 spiro atoms. The Kier molecular flexibility index (Phi) is 3.87. The predicted octanol–water partition coefficient (Wildman–Crippen LogP) is 4.51. The van der Waals surface area contributed by atoms with Gasteiger partial charge < -0.3 is 9.51 Å². The molecule has 144 valence electrons. The highest BCUT2D eigenvalue weighted by Crippen LogP contribution is 2.32. The zero-order valence-electron chi connectivity index (χ0n) is 16.5. The Morgan fingerprint density at radius 3 is 2.55 bits per heavy atom. The number of nitrogens with one attached hydrogen (secondary N) is 1. The minimum atomic E-state index is -0.129. The number of imidazole rings is 1. The third kappa shape index (κ3) is 2.76. The third-order valence-electron chi connectivity index (χ3n) is 5.39. The molecule has 5 aromatic rings. The first-order chi connectivity index (χ1) is 14.0.